The van der Waals surface area contributed by atoms with E-state index in [4.69, 9.17) is 5.73 Å². The monoisotopic (exact) mass is 336 g/mol. The Bertz CT molecular complexity index is 560. The van der Waals surface area contributed by atoms with Gasteiger partial charge in [0.05, 0.1) is 0 Å². The van der Waals surface area contributed by atoms with Crippen molar-refractivity contribution in [2.45, 2.75) is 16.7 Å². The summed E-state index contributed by atoms with van der Waals surface area (Å²) in [5.74, 6) is 2.28. The molecule has 1 aliphatic heterocycles. The van der Waals surface area contributed by atoms with E-state index in [1.807, 2.05) is 11.8 Å². The molecule has 0 amide bonds. The molecule has 8 heteroatoms. The Kier molecular flexibility index (Phi) is 5.74. The van der Waals surface area contributed by atoms with Crippen molar-refractivity contribution < 1.29 is 12.8 Å². The molecule has 0 aliphatic carbocycles. The van der Waals surface area contributed by atoms with Crippen LogP contribution in [0.1, 0.15) is 5.56 Å². The lowest BCUT2D eigenvalue weighted by atomic mass is 10.2. The first-order valence-corrected chi connectivity index (χ1v) is 9.89. The summed E-state index contributed by atoms with van der Waals surface area (Å²) >= 11 is 3.57. The maximum absolute atomic E-state index is 13.8. The molecule has 3 N–H and O–H groups in total. The Labute approximate surface area is 127 Å². The number of hydrogen-bond acceptors (Lipinski definition) is 5. The fourth-order valence-corrected chi connectivity index (χ4v) is 5.68. The third-order valence-electron chi connectivity index (χ3n) is 2.91. The summed E-state index contributed by atoms with van der Waals surface area (Å²) in [6.45, 7) is 0.513. The van der Waals surface area contributed by atoms with E-state index in [1.54, 1.807) is 11.8 Å². The highest BCUT2D eigenvalue weighted by Crippen LogP contribution is 2.24. The van der Waals surface area contributed by atoms with Gasteiger partial charge in [-0.25, -0.2) is 17.5 Å². The summed E-state index contributed by atoms with van der Waals surface area (Å²) in [6, 6.07) is 3.96. The zero-order chi connectivity index (χ0) is 14.6. The van der Waals surface area contributed by atoms with Gasteiger partial charge in [0.25, 0.3) is 0 Å². The Morgan fingerprint density at radius 2 is 2.20 bits per heavy atom. The van der Waals surface area contributed by atoms with E-state index in [0.29, 0.717) is 12.1 Å². The molecule has 0 spiro atoms. The highest BCUT2D eigenvalue weighted by molar-refractivity contribution is 8.06. The molecule has 112 valence electrons. The molecule has 1 heterocycles. The van der Waals surface area contributed by atoms with Crippen molar-refractivity contribution in [3.05, 3.63) is 29.6 Å². The number of sulfonamides is 1. The minimum Gasteiger partial charge on any atom is -0.326 e. The number of hydrogen-bond donors (Lipinski definition) is 2. The van der Waals surface area contributed by atoms with Gasteiger partial charge in [0.15, 0.2) is 0 Å². The van der Waals surface area contributed by atoms with E-state index in [-0.39, 0.29) is 16.7 Å². The molecular formula is C12H17FN2O2S3. The van der Waals surface area contributed by atoms with E-state index in [0.717, 1.165) is 17.3 Å². The molecule has 4 nitrogen and oxygen atoms in total. The summed E-state index contributed by atoms with van der Waals surface area (Å²) in [6.07, 6.45) is 0. The highest BCUT2D eigenvalue weighted by atomic mass is 32.2. The van der Waals surface area contributed by atoms with Crippen LogP contribution in [0.15, 0.2) is 23.1 Å². The van der Waals surface area contributed by atoms with Gasteiger partial charge in [-0.05, 0) is 17.7 Å². The molecule has 1 aliphatic rings. The minimum absolute atomic E-state index is 0.181. The molecule has 0 saturated carbocycles. The molecule has 0 aromatic heterocycles. The van der Waals surface area contributed by atoms with Crippen molar-refractivity contribution in [3.8, 4) is 0 Å². The second kappa shape index (κ2) is 7.13. The van der Waals surface area contributed by atoms with Crippen molar-refractivity contribution >= 4 is 33.5 Å². The molecule has 1 saturated heterocycles. The molecule has 20 heavy (non-hydrogen) atoms. The molecular weight excluding hydrogens is 319 g/mol. The van der Waals surface area contributed by atoms with Gasteiger partial charge in [-0.1, -0.05) is 6.07 Å². The van der Waals surface area contributed by atoms with Gasteiger partial charge in [0.2, 0.25) is 10.0 Å². The first-order chi connectivity index (χ1) is 9.53. The van der Waals surface area contributed by atoms with Crippen LogP contribution in [-0.4, -0.2) is 37.5 Å². The summed E-state index contributed by atoms with van der Waals surface area (Å²) in [7, 11) is -3.80. The number of thioether (sulfide) groups is 2. The second-order valence-corrected chi connectivity index (χ2v) is 8.68. The van der Waals surface area contributed by atoms with Gasteiger partial charge in [-0.15, -0.1) is 0 Å². The summed E-state index contributed by atoms with van der Waals surface area (Å²) in [5.41, 5.74) is 5.97. The largest absolute Gasteiger partial charge is 0.326 e. The predicted molar refractivity (Wildman–Crippen MR) is 83.1 cm³/mol. The third kappa shape index (κ3) is 4.11. The SMILES string of the molecule is NCc1ccc(S(=O)(=O)NCC2CSCCS2)c(F)c1. The topological polar surface area (TPSA) is 72.2 Å². The fourth-order valence-electron chi connectivity index (χ4n) is 1.82. The van der Waals surface area contributed by atoms with Gasteiger partial charge in [0, 0.05) is 35.6 Å². The molecule has 1 aromatic carbocycles. The highest BCUT2D eigenvalue weighted by Gasteiger charge is 2.22. The van der Waals surface area contributed by atoms with E-state index in [1.165, 1.54) is 18.2 Å². The van der Waals surface area contributed by atoms with Crippen LogP contribution in [0.25, 0.3) is 0 Å². The Morgan fingerprint density at radius 1 is 1.40 bits per heavy atom. The minimum atomic E-state index is -3.80. The Balaban J connectivity index is 2.05. The van der Waals surface area contributed by atoms with Crippen molar-refractivity contribution in [2.24, 2.45) is 5.73 Å². The van der Waals surface area contributed by atoms with Gasteiger partial charge in [-0.3, -0.25) is 0 Å². The lowest BCUT2D eigenvalue weighted by molar-refractivity contribution is 0.556. The molecule has 2 rings (SSSR count). The van der Waals surface area contributed by atoms with Crippen LogP contribution < -0.4 is 10.5 Å². The smallest absolute Gasteiger partial charge is 0.243 e. The zero-order valence-electron chi connectivity index (χ0n) is 10.8. The molecule has 1 unspecified atom stereocenters. The summed E-state index contributed by atoms with van der Waals surface area (Å²) < 4.78 is 40.5. The first-order valence-electron chi connectivity index (χ1n) is 6.20. The number of nitrogens with one attached hydrogen (secondary N) is 1. The number of rotatable bonds is 5. The van der Waals surface area contributed by atoms with Crippen LogP contribution in [0, 0.1) is 5.82 Å². The van der Waals surface area contributed by atoms with Gasteiger partial charge < -0.3 is 5.73 Å². The van der Waals surface area contributed by atoms with E-state index < -0.39 is 15.8 Å². The van der Waals surface area contributed by atoms with Crippen LogP contribution in [0.4, 0.5) is 4.39 Å². The Morgan fingerprint density at radius 3 is 2.80 bits per heavy atom. The van der Waals surface area contributed by atoms with Gasteiger partial charge in [-0.2, -0.15) is 23.5 Å². The van der Waals surface area contributed by atoms with Crippen LogP contribution in [-0.2, 0) is 16.6 Å². The number of nitrogens with two attached hydrogens (primary N) is 1. The average molecular weight is 336 g/mol. The third-order valence-corrected chi connectivity index (χ3v) is 7.21. The van der Waals surface area contributed by atoms with Crippen LogP contribution >= 0.6 is 23.5 Å². The van der Waals surface area contributed by atoms with E-state index in [9.17, 15) is 12.8 Å². The van der Waals surface area contributed by atoms with E-state index >= 15 is 0 Å². The standard InChI is InChI=1S/C12H17FN2O2S3/c13-11-5-9(6-14)1-2-12(11)20(16,17)15-7-10-8-18-3-4-19-10/h1-2,5,10,15H,3-4,6-8,14H2. The van der Waals surface area contributed by atoms with Crippen molar-refractivity contribution in [1.82, 2.24) is 4.72 Å². The second-order valence-electron chi connectivity index (χ2n) is 4.39. The zero-order valence-corrected chi connectivity index (χ0v) is 13.3. The van der Waals surface area contributed by atoms with Crippen LogP contribution in [0.2, 0.25) is 0 Å². The number of halogens is 1. The lowest BCUT2D eigenvalue weighted by Crippen LogP contribution is -2.33. The summed E-state index contributed by atoms with van der Waals surface area (Å²) in [4.78, 5) is -0.317. The van der Waals surface area contributed by atoms with Gasteiger partial charge in [0.1, 0.15) is 10.7 Å². The van der Waals surface area contributed by atoms with Gasteiger partial charge >= 0.3 is 0 Å². The molecule has 0 bridgehead atoms. The summed E-state index contributed by atoms with van der Waals surface area (Å²) in [5, 5.41) is 0.245. The predicted octanol–water partition coefficient (Wildman–Crippen LogP) is 1.41. The van der Waals surface area contributed by atoms with Crippen molar-refractivity contribution in [2.75, 3.05) is 23.8 Å². The lowest BCUT2D eigenvalue weighted by Gasteiger charge is -2.21. The maximum Gasteiger partial charge on any atom is 0.243 e. The molecule has 1 atom stereocenters. The molecule has 1 fully saturated rings. The van der Waals surface area contributed by atoms with Crippen LogP contribution in [0.3, 0.4) is 0 Å². The first kappa shape index (κ1) is 16.1. The van der Waals surface area contributed by atoms with E-state index in [2.05, 4.69) is 4.72 Å². The fraction of sp³-hybridized carbons (Fsp3) is 0.500. The van der Waals surface area contributed by atoms with Crippen molar-refractivity contribution in [3.63, 3.8) is 0 Å². The van der Waals surface area contributed by atoms with Crippen molar-refractivity contribution in [1.29, 1.82) is 0 Å². The molecule has 0 radical (unpaired) electrons. The number of benzene rings is 1. The quantitative estimate of drug-likeness (QED) is 0.851. The van der Waals surface area contributed by atoms with Crippen LogP contribution in [0.5, 0.6) is 0 Å². The Hall–Kier alpha value is -0.280. The molecule has 1 aromatic rings. The normalized spacial score (nSPS) is 20.0. The maximum atomic E-state index is 13.8. The average Bonchev–Trinajstić information content (AvgIpc) is 2.46.